The second-order valence-electron chi connectivity index (χ2n) is 4.82. The molecule has 2 aromatic carbocycles. The summed E-state index contributed by atoms with van der Waals surface area (Å²) in [5.41, 5.74) is 2.85. The second kappa shape index (κ2) is 6.33. The Bertz CT molecular complexity index is 596. The van der Waals surface area contributed by atoms with Gasteiger partial charge in [0.2, 0.25) is 0 Å². The molecule has 0 radical (unpaired) electrons. The molecule has 0 aliphatic heterocycles. The molecule has 0 heterocycles. The fraction of sp³-hybridized carbons (Fsp3) is 0.250. The first-order valence-electron chi connectivity index (χ1n) is 6.38. The van der Waals surface area contributed by atoms with Gasteiger partial charge in [-0.2, -0.15) is 0 Å². The molecule has 1 N–H and O–H groups in total. The van der Waals surface area contributed by atoms with Gasteiger partial charge < -0.3 is 5.32 Å². The summed E-state index contributed by atoms with van der Waals surface area (Å²) in [7, 11) is 1.77. The first-order valence-corrected chi connectivity index (χ1v) is 6.76. The summed E-state index contributed by atoms with van der Waals surface area (Å²) in [6, 6.07) is 10.1. The van der Waals surface area contributed by atoms with Gasteiger partial charge in [-0.1, -0.05) is 41.4 Å². The summed E-state index contributed by atoms with van der Waals surface area (Å²) in [6.45, 7) is 2.02. The fourth-order valence-electron chi connectivity index (χ4n) is 2.13. The molecule has 2 rings (SSSR count). The van der Waals surface area contributed by atoms with Crippen molar-refractivity contribution in [1.29, 1.82) is 0 Å². The molecular formula is C16H16ClF2N. The number of nitrogens with one attached hydrogen (secondary N) is 1. The van der Waals surface area contributed by atoms with Crippen molar-refractivity contribution in [2.24, 2.45) is 0 Å². The Morgan fingerprint density at radius 2 is 1.70 bits per heavy atom. The summed E-state index contributed by atoms with van der Waals surface area (Å²) >= 11 is 6.02. The van der Waals surface area contributed by atoms with E-state index in [4.69, 9.17) is 11.6 Å². The molecule has 0 saturated carbocycles. The van der Waals surface area contributed by atoms with Gasteiger partial charge in [0, 0.05) is 11.1 Å². The number of hydrogen-bond donors (Lipinski definition) is 1. The molecule has 0 spiro atoms. The number of rotatable bonds is 4. The van der Waals surface area contributed by atoms with Crippen LogP contribution < -0.4 is 5.32 Å². The lowest BCUT2D eigenvalue weighted by atomic mass is 9.98. The lowest BCUT2D eigenvalue weighted by Gasteiger charge is -2.18. The molecular weight excluding hydrogens is 280 g/mol. The Morgan fingerprint density at radius 1 is 1.10 bits per heavy atom. The van der Waals surface area contributed by atoms with Crippen LogP contribution in [-0.2, 0) is 6.42 Å². The minimum atomic E-state index is -0.927. The van der Waals surface area contributed by atoms with Crippen molar-refractivity contribution in [3.05, 3.63) is 69.7 Å². The zero-order valence-corrected chi connectivity index (χ0v) is 12.1. The van der Waals surface area contributed by atoms with Gasteiger partial charge in [0.25, 0.3) is 0 Å². The smallest absolute Gasteiger partial charge is 0.160 e. The highest BCUT2D eigenvalue weighted by Gasteiger charge is 2.17. The largest absolute Gasteiger partial charge is 0.313 e. The number of benzene rings is 2. The number of hydrogen-bond acceptors (Lipinski definition) is 1. The average Bonchev–Trinajstić information content (AvgIpc) is 2.43. The molecule has 0 amide bonds. The number of halogens is 3. The molecule has 1 atom stereocenters. The van der Waals surface area contributed by atoms with Gasteiger partial charge in [-0.05, 0) is 43.7 Å². The second-order valence-corrected chi connectivity index (χ2v) is 5.23. The summed E-state index contributed by atoms with van der Waals surface area (Å²) in [4.78, 5) is 0. The van der Waals surface area contributed by atoms with Gasteiger partial charge in [0.1, 0.15) is 0 Å². The van der Waals surface area contributed by atoms with Crippen molar-refractivity contribution in [3.63, 3.8) is 0 Å². The summed E-state index contributed by atoms with van der Waals surface area (Å²) < 4.78 is 26.5. The van der Waals surface area contributed by atoms with E-state index >= 15 is 0 Å². The fourth-order valence-corrected chi connectivity index (χ4v) is 2.41. The normalized spacial score (nSPS) is 12.4. The van der Waals surface area contributed by atoms with Crippen LogP contribution in [0.4, 0.5) is 8.78 Å². The Morgan fingerprint density at radius 3 is 2.30 bits per heavy atom. The van der Waals surface area contributed by atoms with Gasteiger partial charge in [-0.25, -0.2) is 8.78 Å². The van der Waals surface area contributed by atoms with Crippen LogP contribution in [0.3, 0.4) is 0 Å². The third-order valence-corrected chi connectivity index (χ3v) is 3.65. The Hall–Kier alpha value is -1.45. The highest BCUT2D eigenvalue weighted by molar-refractivity contribution is 6.31. The van der Waals surface area contributed by atoms with Crippen molar-refractivity contribution >= 4 is 11.6 Å². The van der Waals surface area contributed by atoms with E-state index in [1.165, 1.54) is 5.56 Å². The quantitative estimate of drug-likeness (QED) is 0.823. The minimum absolute atomic E-state index is 0.166. The van der Waals surface area contributed by atoms with E-state index in [0.717, 1.165) is 17.7 Å². The average molecular weight is 296 g/mol. The molecule has 1 nitrogen and oxygen atoms in total. The third kappa shape index (κ3) is 3.35. The Labute approximate surface area is 122 Å². The zero-order valence-electron chi connectivity index (χ0n) is 11.4. The van der Waals surface area contributed by atoms with Crippen molar-refractivity contribution in [2.75, 3.05) is 7.05 Å². The van der Waals surface area contributed by atoms with Crippen molar-refractivity contribution in [1.82, 2.24) is 5.32 Å². The highest BCUT2D eigenvalue weighted by Crippen LogP contribution is 2.28. The SMILES string of the molecule is CNC(Cc1ccc(C)cc1)c1cc(F)c(F)cc1Cl. The summed E-state index contributed by atoms with van der Waals surface area (Å²) in [5, 5.41) is 3.33. The van der Waals surface area contributed by atoms with E-state index in [0.29, 0.717) is 12.0 Å². The molecule has 0 fully saturated rings. The van der Waals surface area contributed by atoms with E-state index in [2.05, 4.69) is 5.32 Å². The van der Waals surface area contributed by atoms with Crippen LogP contribution in [0.15, 0.2) is 36.4 Å². The zero-order chi connectivity index (χ0) is 14.7. The number of likely N-dealkylation sites (N-methyl/N-ethyl adjacent to an activating group) is 1. The minimum Gasteiger partial charge on any atom is -0.313 e. The van der Waals surface area contributed by atoms with E-state index in [9.17, 15) is 8.78 Å². The van der Waals surface area contributed by atoms with Crippen LogP contribution in [0.25, 0.3) is 0 Å². The van der Waals surface area contributed by atoms with E-state index < -0.39 is 11.6 Å². The van der Waals surface area contributed by atoms with Gasteiger partial charge in [0.15, 0.2) is 11.6 Å². The molecule has 1 unspecified atom stereocenters. The Kier molecular flexibility index (Phi) is 4.73. The summed E-state index contributed by atoms with van der Waals surface area (Å²) in [6.07, 6.45) is 0.654. The van der Waals surface area contributed by atoms with Crippen molar-refractivity contribution in [3.8, 4) is 0 Å². The lowest BCUT2D eigenvalue weighted by Crippen LogP contribution is -2.19. The molecule has 20 heavy (non-hydrogen) atoms. The first kappa shape index (κ1) is 14.9. The monoisotopic (exact) mass is 295 g/mol. The van der Waals surface area contributed by atoms with Crippen LogP contribution in [0.1, 0.15) is 22.7 Å². The topological polar surface area (TPSA) is 12.0 Å². The maximum Gasteiger partial charge on any atom is 0.160 e. The predicted molar refractivity (Wildman–Crippen MR) is 78.1 cm³/mol. The van der Waals surface area contributed by atoms with E-state index in [1.807, 2.05) is 31.2 Å². The van der Waals surface area contributed by atoms with Gasteiger partial charge >= 0.3 is 0 Å². The van der Waals surface area contributed by atoms with Gasteiger partial charge in [-0.3, -0.25) is 0 Å². The van der Waals surface area contributed by atoms with E-state index in [1.54, 1.807) is 7.05 Å². The molecule has 4 heteroatoms. The standard InChI is InChI=1S/C16H16ClF2N/c1-10-3-5-11(6-4-10)7-16(20-2)12-8-14(18)15(19)9-13(12)17/h3-6,8-9,16,20H,7H2,1-2H3. The van der Waals surface area contributed by atoms with Crippen LogP contribution >= 0.6 is 11.6 Å². The maximum absolute atomic E-state index is 13.4. The Balaban J connectivity index is 2.28. The predicted octanol–water partition coefficient (Wildman–Crippen LogP) is 4.43. The van der Waals surface area contributed by atoms with Crippen LogP contribution in [-0.4, -0.2) is 7.05 Å². The van der Waals surface area contributed by atoms with Gasteiger partial charge in [-0.15, -0.1) is 0 Å². The van der Waals surface area contributed by atoms with E-state index in [-0.39, 0.29) is 11.1 Å². The van der Waals surface area contributed by atoms with Crippen molar-refractivity contribution < 1.29 is 8.78 Å². The summed E-state index contributed by atoms with van der Waals surface area (Å²) in [5.74, 6) is -1.81. The molecule has 2 aromatic rings. The molecule has 0 bridgehead atoms. The number of aryl methyl sites for hydroxylation is 1. The third-order valence-electron chi connectivity index (χ3n) is 3.32. The van der Waals surface area contributed by atoms with Crippen molar-refractivity contribution in [2.45, 2.75) is 19.4 Å². The maximum atomic E-state index is 13.4. The van der Waals surface area contributed by atoms with Crippen LogP contribution in [0.2, 0.25) is 5.02 Å². The molecule has 0 aromatic heterocycles. The molecule has 106 valence electrons. The van der Waals surface area contributed by atoms with Crippen LogP contribution in [0, 0.1) is 18.6 Å². The molecule has 0 aliphatic carbocycles. The van der Waals surface area contributed by atoms with Gasteiger partial charge in [0.05, 0.1) is 0 Å². The van der Waals surface area contributed by atoms with Crippen LogP contribution in [0.5, 0.6) is 0 Å². The molecule has 0 aliphatic rings. The lowest BCUT2D eigenvalue weighted by molar-refractivity contribution is 0.501. The molecule has 0 saturated heterocycles. The first-order chi connectivity index (χ1) is 9.51. The highest BCUT2D eigenvalue weighted by atomic mass is 35.5.